The zero-order valence-electron chi connectivity index (χ0n) is 33.2. The largest absolute Gasteiger partial charge is 0.874 e. The summed E-state index contributed by atoms with van der Waals surface area (Å²) in [6.07, 6.45) is 3.91. The Labute approximate surface area is 367 Å². The van der Waals surface area contributed by atoms with Gasteiger partial charge in [0.05, 0.1) is 44.8 Å². The van der Waals surface area contributed by atoms with Crippen LogP contribution in [-0.4, -0.2) is 37.1 Å². The third-order valence-electron chi connectivity index (χ3n) is 13.5. The van der Waals surface area contributed by atoms with Crippen LogP contribution in [0.25, 0.3) is 44.7 Å². The smallest absolute Gasteiger partial charge is 0.425 e. The maximum Gasteiger partial charge on any atom is 0.425 e. The summed E-state index contributed by atoms with van der Waals surface area (Å²) in [6, 6.07) is 44.9. The average Bonchev–Trinajstić information content (AvgIpc) is 3.70. The summed E-state index contributed by atoms with van der Waals surface area (Å²) in [7, 11) is -7.65. The molecule has 0 radical (unpaired) electrons. The van der Waals surface area contributed by atoms with Crippen molar-refractivity contribution in [3.05, 3.63) is 190 Å². The van der Waals surface area contributed by atoms with Crippen LogP contribution >= 0.6 is 0 Å². The van der Waals surface area contributed by atoms with Crippen LogP contribution in [0.4, 0.5) is 17.1 Å². The zero-order valence-corrected chi connectivity index (χ0v) is 34.8. The minimum Gasteiger partial charge on any atom is -0.874 e. The lowest BCUT2D eigenvalue weighted by Crippen LogP contribution is -2.91. The molecule has 7 aromatic carbocycles. The van der Waals surface area contributed by atoms with Crippen molar-refractivity contribution in [1.29, 1.82) is 0 Å². The Balaban J connectivity index is 0.00000104. The molecule has 2 spiro atoms. The number of hydrogen-bond donors (Lipinski definition) is 5. The van der Waals surface area contributed by atoms with Gasteiger partial charge in [-0.15, -0.1) is 18.4 Å². The predicted octanol–water partition coefficient (Wildman–Crippen LogP) is 5.59. The topological polar surface area (TPSA) is 196 Å². The van der Waals surface area contributed by atoms with Crippen molar-refractivity contribution < 1.29 is 40.5 Å². The summed E-state index contributed by atoms with van der Waals surface area (Å²) < 4.78 is 60.5. The van der Waals surface area contributed by atoms with E-state index in [1.165, 1.54) is 12.1 Å². The summed E-state index contributed by atoms with van der Waals surface area (Å²) in [5.41, 5.74) is 11.0. The van der Waals surface area contributed by atoms with Crippen LogP contribution in [0.1, 0.15) is 38.9 Å². The standard InChI is InChI=1S/C50H32N4O5S.O3S/c55-47-43(33-22-19-26-9-7-17-39-41(26)45(33)53-49(51-39)35-14-4-1-11-29(35)30-12-2-5-15-36(30)49)48(56)44(47)34-23-20-27-10-8-18-40-42(27)46(34)54-50(52-40)37-16-6-3-13-31(37)32-24-21-28(25-38(32)50)60(57,58)59;1-4(2)3/h1-25,34,44,51-53,55H,(H,57,58,59);. The fourth-order valence-electron chi connectivity index (χ4n) is 10.9. The number of anilines is 3. The van der Waals surface area contributed by atoms with E-state index < -0.39 is 43.9 Å². The number of Topliss-reactive ketones (excluding diaryl/α,β-unsaturated/α-hetero) is 1. The Bertz CT molecular complexity index is 3610. The van der Waals surface area contributed by atoms with E-state index in [0.717, 1.165) is 77.9 Å². The number of fused-ring (bicyclic) bond motifs is 10. The first-order chi connectivity index (χ1) is 30.9. The van der Waals surface area contributed by atoms with Crippen LogP contribution in [0.15, 0.2) is 156 Å². The average molecular weight is 881 g/mol. The van der Waals surface area contributed by atoms with Gasteiger partial charge in [-0.1, -0.05) is 121 Å². The fourth-order valence-corrected chi connectivity index (χ4v) is 11.5. The Morgan fingerprint density at radius 2 is 1.27 bits per heavy atom. The predicted molar refractivity (Wildman–Crippen MR) is 239 cm³/mol. The lowest BCUT2D eigenvalue weighted by Gasteiger charge is -2.44. The van der Waals surface area contributed by atoms with Gasteiger partial charge in [-0.2, -0.15) is 8.42 Å². The molecule has 5 N–H and O–H groups in total. The van der Waals surface area contributed by atoms with E-state index in [9.17, 15) is 22.9 Å². The molecule has 0 fully saturated rings. The molecule has 0 aromatic heterocycles. The zero-order chi connectivity index (χ0) is 43.9. The first kappa shape index (κ1) is 38.1. The van der Waals surface area contributed by atoms with E-state index in [1.807, 2.05) is 103 Å². The maximum atomic E-state index is 14.9. The van der Waals surface area contributed by atoms with Gasteiger partial charge in [-0.25, -0.2) is 4.99 Å². The number of benzene rings is 7. The van der Waals surface area contributed by atoms with E-state index in [1.54, 1.807) is 6.07 Å². The number of rotatable bonds is 3. The normalized spacial score (nSPS) is 20.6. The number of allylic oxidation sites excluding steroid dienone is 3. The molecule has 12 nitrogen and oxygen atoms in total. The molecule has 3 unspecified atom stereocenters. The molecule has 2 heterocycles. The molecule has 64 heavy (non-hydrogen) atoms. The van der Waals surface area contributed by atoms with E-state index in [-0.39, 0.29) is 22.0 Å². The van der Waals surface area contributed by atoms with Gasteiger partial charge in [0.15, 0.2) is 17.2 Å². The van der Waals surface area contributed by atoms with E-state index in [4.69, 9.17) is 12.6 Å². The number of ketones is 1. The highest BCUT2D eigenvalue weighted by Crippen LogP contribution is 2.56. The SMILES string of the molecule is O=C1C(c2ccc3cccc4c3c2NC2(N4)c3ccccc3-c3ccccc32)=C([O-])C1C1C=Cc2cccc3c2C1=[NH+]C1(N3)c2ccccc2-c2ccc(S(=O)(=O)O)cc21.O=S(=O)=O. The van der Waals surface area contributed by atoms with Crippen molar-refractivity contribution in [3.8, 4) is 22.3 Å². The Morgan fingerprint density at radius 1 is 0.656 bits per heavy atom. The van der Waals surface area contributed by atoms with Gasteiger partial charge in [0.25, 0.3) is 15.8 Å². The molecule has 0 amide bonds. The fraction of sp³-hybridized carbons (Fsp3) is 0.0800. The number of hydrogen-bond acceptors (Lipinski definition) is 10. The first-order valence-corrected chi connectivity index (χ1v) is 22.8. The highest BCUT2D eigenvalue weighted by Gasteiger charge is 2.56. The van der Waals surface area contributed by atoms with Gasteiger partial charge < -0.3 is 21.1 Å². The van der Waals surface area contributed by atoms with Crippen molar-refractivity contribution in [2.24, 2.45) is 11.8 Å². The molecular weight excluding hydrogens is 849 g/mol. The van der Waals surface area contributed by atoms with Crippen LogP contribution in [-0.2, 0) is 36.8 Å². The molecule has 0 saturated carbocycles. The van der Waals surface area contributed by atoms with E-state index in [2.05, 4.69) is 51.3 Å². The van der Waals surface area contributed by atoms with Crippen LogP contribution in [0.3, 0.4) is 0 Å². The highest BCUT2D eigenvalue weighted by molar-refractivity contribution is 7.85. The van der Waals surface area contributed by atoms with Gasteiger partial charge >= 0.3 is 10.6 Å². The molecule has 13 rings (SSSR count). The second-order valence-electron chi connectivity index (χ2n) is 16.6. The highest BCUT2D eigenvalue weighted by atomic mass is 32.2. The van der Waals surface area contributed by atoms with E-state index in [0.29, 0.717) is 16.8 Å². The minimum absolute atomic E-state index is 0.168. The van der Waals surface area contributed by atoms with Crippen molar-refractivity contribution >= 4 is 71.7 Å². The van der Waals surface area contributed by atoms with Crippen molar-refractivity contribution in [1.82, 2.24) is 0 Å². The van der Waals surface area contributed by atoms with Gasteiger partial charge in [-0.3, -0.25) is 9.35 Å². The maximum absolute atomic E-state index is 14.9. The number of carbonyl (C=O) groups excluding carboxylic acids is 1. The number of carbonyl (C=O) groups is 1. The summed E-state index contributed by atoms with van der Waals surface area (Å²) in [5.74, 6) is -2.14. The summed E-state index contributed by atoms with van der Waals surface area (Å²) in [6.45, 7) is 0. The molecule has 0 saturated heterocycles. The van der Waals surface area contributed by atoms with Crippen LogP contribution in [0.2, 0.25) is 0 Å². The monoisotopic (exact) mass is 880 g/mol. The third kappa shape index (κ3) is 5.09. The van der Waals surface area contributed by atoms with Crippen LogP contribution in [0, 0.1) is 11.8 Å². The summed E-state index contributed by atoms with van der Waals surface area (Å²) >= 11 is 0. The molecule has 7 aromatic rings. The molecule has 4 aliphatic carbocycles. The summed E-state index contributed by atoms with van der Waals surface area (Å²) in [4.78, 5) is 18.5. The molecule has 3 atom stereocenters. The molecule has 0 bridgehead atoms. The van der Waals surface area contributed by atoms with E-state index >= 15 is 0 Å². The number of nitrogens with one attached hydrogen (secondary N) is 4. The lowest BCUT2D eigenvalue weighted by molar-refractivity contribution is -0.543. The Hall–Kier alpha value is -7.65. The van der Waals surface area contributed by atoms with Gasteiger partial charge in [-0.05, 0) is 63.5 Å². The molecule has 312 valence electrons. The summed E-state index contributed by atoms with van der Waals surface area (Å²) in [5, 5.41) is 28.3. The molecule has 2 aliphatic heterocycles. The van der Waals surface area contributed by atoms with Crippen molar-refractivity contribution in [2.75, 3.05) is 16.0 Å². The quantitative estimate of drug-likeness (QED) is 0.139. The molecular formula is C50H32N4O8S2. The second kappa shape index (κ2) is 13.2. The third-order valence-corrected chi connectivity index (χ3v) is 14.3. The van der Waals surface area contributed by atoms with Crippen molar-refractivity contribution in [2.45, 2.75) is 16.2 Å². The van der Waals surface area contributed by atoms with Crippen molar-refractivity contribution in [3.63, 3.8) is 0 Å². The van der Waals surface area contributed by atoms with Gasteiger partial charge in [0.2, 0.25) is 0 Å². The second-order valence-corrected chi connectivity index (χ2v) is 18.4. The Morgan fingerprint density at radius 3 is 1.95 bits per heavy atom. The molecule has 6 aliphatic rings. The first-order valence-electron chi connectivity index (χ1n) is 20.4. The van der Waals surface area contributed by atoms with Crippen LogP contribution < -0.4 is 26.0 Å². The lowest BCUT2D eigenvalue weighted by atomic mass is 9.66. The minimum atomic E-state index is -4.54. The Kier molecular flexibility index (Phi) is 7.84. The molecule has 14 heteroatoms. The van der Waals surface area contributed by atoms with Gasteiger partial charge in [0, 0.05) is 33.3 Å². The van der Waals surface area contributed by atoms with Crippen LogP contribution in [0.5, 0.6) is 0 Å². The van der Waals surface area contributed by atoms with Gasteiger partial charge in [0.1, 0.15) is 0 Å².